The van der Waals surface area contributed by atoms with Gasteiger partial charge in [0.15, 0.2) is 5.16 Å². The van der Waals surface area contributed by atoms with E-state index < -0.39 is 0 Å². The Morgan fingerprint density at radius 2 is 1.74 bits per heavy atom. The van der Waals surface area contributed by atoms with Crippen molar-refractivity contribution in [3.63, 3.8) is 0 Å². The molecule has 31 heavy (non-hydrogen) atoms. The standard InChI is InChI=1S/C22H28N6O2S/c1-16-8-4-5-13-26(16)20(30)15-31-22-24-23-21-27(14-19(29)25-11-6-7-12-25)17-9-2-3-10-18(17)28(21)22/h2-3,9-10,16H,4-8,11-15H2,1H3/t16-/m1/s1. The normalized spacial score (nSPS) is 19.6. The van der Waals surface area contributed by atoms with E-state index in [0.717, 1.165) is 56.4 Å². The SMILES string of the molecule is C[C@@H]1CCCCN1C(=O)CSc1nnc2n(CC(=O)N3CCCC3)c3ccccc3n12. The largest absolute Gasteiger partial charge is 0.341 e. The molecule has 0 unspecified atom stereocenters. The van der Waals surface area contributed by atoms with Crippen LogP contribution in [0, 0.1) is 0 Å². The topological polar surface area (TPSA) is 75.7 Å². The summed E-state index contributed by atoms with van der Waals surface area (Å²) in [7, 11) is 0. The third-order valence-corrected chi connectivity index (χ3v) is 7.39. The molecule has 2 aliphatic rings. The van der Waals surface area contributed by atoms with Gasteiger partial charge in [0, 0.05) is 25.7 Å². The van der Waals surface area contributed by atoms with E-state index in [1.54, 1.807) is 0 Å². The lowest BCUT2D eigenvalue weighted by Gasteiger charge is -2.33. The van der Waals surface area contributed by atoms with Gasteiger partial charge in [-0.3, -0.25) is 18.6 Å². The van der Waals surface area contributed by atoms with Crippen molar-refractivity contribution in [3.05, 3.63) is 24.3 Å². The van der Waals surface area contributed by atoms with E-state index in [9.17, 15) is 9.59 Å². The summed E-state index contributed by atoms with van der Waals surface area (Å²) >= 11 is 1.42. The molecule has 1 atom stereocenters. The highest BCUT2D eigenvalue weighted by Gasteiger charge is 2.25. The zero-order valence-corrected chi connectivity index (χ0v) is 18.7. The fourth-order valence-electron chi connectivity index (χ4n) is 4.77. The monoisotopic (exact) mass is 440 g/mol. The number of hydrogen-bond acceptors (Lipinski definition) is 5. The number of hydrogen-bond donors (Lipinski definition) is 0. The second-order valence-corrected chi connectivity index (χ2v) is 9.44. The minimum Gasteiger partial charge on any atom is -0.341 e. The fourth-order valence-corrected chi connectivity index (χ4v) is 5.59. The molecule has 0 saturated carbocycles. The van der Waals surface area contributed by atoms with Crippen molar-refractivity contribution in [1.82, 2.24) is 29.0 Å². The highest BCUT2D eigenvalue weighted by Crippen LogP contribution is 2.27. The summed E-state index contributed by atoms with van der Waals surface area (Å²) in [5, 5.41) is 9.46. The summed E-state index contributed by atoms with van der Waals surface area (Å²) in [6.45, 7) is 4.89. The van der Waals surface area contributed by atoms with Crippen molar-refractivity contribution in [2.45, 2.75) is 56.8 Å². The van der Waals surface area contributed by atoms with Crippen LogP contribution in [0.3, 0.4) is 0 Å². The number of carbonyl (C=O) groups excluding carboxylic acids is 2. The average molecular weight is 441 g/mol. The van der Waals surface area contributed by atoms with Gasteiger partial charge >= 0.3 is 0 Å². The maximum Gasteiger partial charge on any atom is 0.242 e. The number of likely N-dealkylation sites (tertiary alicyclic amines) is 2. The predicted octanol–water partition coefficient (Wildman–Crippen LogP) is 2.80. The van der Waals surface area contributed by atoms with Crippen LogP contribution in [0.5, 0.6) is 0 Å². The van der Waals surface area contributed by atoms with E-state index in [4.69, 9.17) is 0 Å². The maximum atomic E-state index is 12.8. The van der Waals surface area contributed by atoms with E-state index in [2.05, 4.69) is 17.1 Å². The summed E-state index contributed by atoms with van der Waals surface area (Å²) in [5.41, 5.74) is 1.91. The lowest BCUT2D eigenvalue weighted by Crippen LogP contribution is -2.42. The quantitative estimate of drug-likeness (QED) is 0.571. The minimum absolute atomic E-state index is 0.118. The number of para-hydroxylation sites is 2. The molecule has 5 rings (SSSR count). The van der Waals surface area contributed by atoms with Crippen molar-refractivity contribution in [2.24, 2.45) is 0 Å². The molecule has 4 heterocycles. The number of amides is 2. The Hall–Kier alpha value is -2.55. The number of thioether (sulfide) groups is 1. The Labute approximate surface area is 185 Å². The molecule has 0 bridgehead atoms. The summed E-state index contributed by atoms with van der Waals surface area (Å²) in [5.74, 6) is 1.27. The minimum atomic E-state index is 0.118. The molecule has 9 heteroatoms. The van der Waals surface area contributed by atoms with Crippen molar-refractivity contribution in [2.75, 3.05) is 25.4 Å². The zero-order valence-electron chi connectivity index (χ0n) is 17.9. The lowest BCUT2D eigenvalue weighted by atomic mass is 10.0. The van der Waals surface area contributed by atoms with Crippen LogP contribution in [0.2, 0.25) is 0 Å². The first-order chi connectivity index (χ1) is 15.1. The van der Waals surface area contributed by atoms with E-state index in [1.807, 2.05) is 43.0 Å². The first-order valence-corrected chi connectivity index (χ1v) is 12.1. The second kappa shape index (κ2) is 8.53. The Bertz CT molecular complexity index is 1120. The van der Waals surface area contributed by atoms with Crippen LogP contribution in [-0.2, 0) is 16.1 Å². The van der Waals surface area contributed by atoms with Gasteiger partial charge in [0.1, 0.15) is 6.54 Å². The van der Waals surface area contributed by atoms with Crippen molar-refractivity contribution < 1.29 is 9.59 Å². The van der Waals surface area contributed by atoms with Gasteiger partial charge in [0.2, 0.25) is 17.6 Å². The third-order valence-electron chi connectivity index (χ3n) is 6.47. The summed E-state index contributed by atoms with van der Waals surface area (Å²) in [6.07, 6.45) is 5.49. The third kappa shape index (κ3) is 3.79. The van der Waals surface area contributed by atoms with Crippen LogP contribution >= 0.6 is 11.8 Å². The van der Waals surface area contributed by atoms with E-state index >= 15 is 0 Å². The van der Waals surface area contributed by atoms with Crippen LogP contribution in [-0.4, -0.2) is 72.2 Å². The first-order valence-electron chi connectivity index (χ1n) is 11.2. The molecule has 0 N–H and O–H groups in total. The van der Waals surface area contributed by atoms with Gasteiger partial charge in [-0.1, -0.05) is 23.9 Å². The van der Waals surface area contributed by atoms with Crippen molar-refractivity contribution in [3.8, 4) is 0 Å². The van der Waals surface area contributed by atoms with Gasteiger partial charge in [0.05, 0.1) is 16.8 Å². The molecule has 1 aromatic carbocycles. The molecule has 164 valence electrons. The average Bonchev–Trinajstić information content (AvgIpc) is 3.51. The smallest absolute Gasteiger partial charge is 0.242 e. The molecule has 3 aromatic rings. The Morgan fingerprint density at radius 3 is 2.52 bits per heavy atom. The molecular weight excluding hydrogens is 412 g/mol. The highest BCUT2D eigenvalue weighted by atomic mass is 32.2. The second-order valence-electron chi connectivity index (χ2n) is 8.50. The summed E-state index contributed by atoms with van der Waals surface area (Å²) in [6, 6.07) is 8.28. The number of benzene rings is 1. The van der Waals surface area contributed by atoms with E-state index in [1.165, 1.54) is 18.2 Å². The van der Waals surface area contributed by atoms with Gasteiger partial charge in [-0.25, -0.2) is 0 Å². The number of rotatable bonds is 5. The molecule has 2 fully saturated rings. The Kier molecular flexibility index (Phi) is 5.60. The Balaban J connectivity index is 1.41. The molecule has 2 aliphatic heterocycles. The highest BCUT2D eigenvalue weighted by molar-refractivity contribution is 7.99. The van der Waals surface area contributed by atoms with Crippen LogP contribution < -0.4 is 0 Å². The van der Waals surface area contributed by atoms with E-state index in [-0.39, 0.29) is 18.4 Å². The fraction of sp³-hybridized carbons (Fsp3) is 0.545. The van der Waals surface area contributed by atoms with Gasteiger partial charge in [-0.15, -0.1) is 10.2 Å². The van der Waals surface area contributed by atoms with Gasteiger partial charge < -0.3 is 9.80 Å². The first kappa shape index (κ1) is 20.4. The molecule has 2 amide bonds. The maximum absolute atomic E-state index is 12.8. The molecule has 2 aromatic heterocycles. The number of nitrogens with zero attached hydrogens (tertiary/aromatic N) is 6. The van der Waals surface area contributed by atoms with Crippen molar-refractivity contribution in [1.29, 1.82) is 0 Å². The molecule has 8 nitrogen and oxygen atoms in total. The van der Waals surface area contributed by atoms with Crippen molar-refractivity contribution >= 4 is 40.4 Å². The van der Waals surface area contributed by atoms with Crippen LogP contribution in [0.25, 0.3) is 16.8 Å². The zero-order chi connectivity index (χ0) is 21.4. The lowest BCUT2D eigenvalue weighted by molar-refractivity contribution is -0.132. The van der Waals surface area contributed by atoms with E-state index in [0.29, 0.717) is 22.7 Å². The number of imidazole rings is 1. The predicted molar refractivity (Wildman–Crippen MR) is 120 cm³/mol. The van der Waals surface area contributed by atoms with Crippen LogP contribution in [0.1, 0.15) is 39.0 Å². The summed E-state index contributed by atoms with van der Waals surface area (Å²) in [4.78, 5) is 29.5. The molecule has 0 spiro atoms. The van der Waals surface area contributed by atoms with Crippen LogP contribution in [0.15, 0.2) is 29.4 Å². The molecule has 0 radical (unpaired) electrons. The van der Waals surface area contributed by atoms with Gasteiger partial charge in [-0.2, -0.15) is 0 Å². The number of carbonyl (C=O) groups is 2. The summed E-state index contributed by atoms with van der Waals surface area (Å²) < 4.78 is 3.92. The number of piperidine rings is 1. The van der Waals surface area contributed by atoms with Crippen LogP contribution in [0.4, 0.5) is 0 Å². The number of aromatic nitrogens is 4. The Morgan fingerprint density at radius 1 is 1.00 bits per heavy atom. The number of fused-ring (bicyclic) bond motifs is 3. The molecule has 0 aliphatic carbocycles. The molecular formula is C22H28N6O2S. The van der Waals surface area contributed by atoms with Gasteiger partial charge in [-0.05, 0) is 51.2 Å². The van der Waals surface area contributed by atoms with Gasteiger partial charge in [0.25, 0.3) is 0 Å². The molecule has 2 saturated heterocycles.